The van der Waals surface area contributed by atoms with Crippen molar-refractivity contribution in [1.82, 2.24) is 0 Å². The lowest BCUT2D eigenvalue weighted by Crippen LogP contribution is -2.53. The maximum atomic E-state index is 13.1. The van der Waals surface area contributed by atoms with E-state index in [4.69, 9.17) is 0 Å². The first-order chi connectivity index (χ1) is 11.7. The molecule has 1 saturated carbocycles. The number of rotatable bonds is 7. The van der Waals surface area contributed by atoms with E-state index in [0.29, 0.717) is 23.2 Å². The van der Waals surface area contributed by atoms with Crippen LogP contribution in [0.2, 0.25) is 18.6 Å². The van der Waals surface area contributed by atoms with Crippen LogP contribution < -0.4 is 5.19 Å². The van der Waals surface area contributed by atoms with Crippen molar-refractivity contribution in [2.75, 3.05) is 0 Å². The molecule has 1 nitrogen and oxygen atoms in total. The van der Waals surface area contributed by atoms with Crippen molar-refractivity contribution in [3.63, 3.8) is 0 Å². The van der Waals surface area contributed by atoms with Crippen LogP contribution in [0.5, 0.6) is 0 Å². The summed E-state index contributed by atoms with van der Waals surface area (Å²) in [6, 6.07) is 11.0. The van der Waals surface area contributed by atoms with E-state index >= 15 is 0 Å². The molecule has 0 bridgehead atoms. The molecule has 140 valence electrons. The predicted octanol–water partition coefficient (Wildman–Crippen LogP) is 6.05. The molecule has 4 atom stereocenters. The van der Waals surface area contributed by atoms with Crippen LogP contribution in [-0.2, 0) is 4.79 Å². The largest absolute Gasteiger partial charge is 0.299 e. The van der Waals surface area contributed by atoms with Gasteiger partial charge in [-0.25, -0.2) is 0 Å². The highest BCUT2D eigenvalue weighted by Crippen LogP contribution is 2.46. The molecule has 1 aromatic rings. The number of hydrogen-bond donors (Lipinski definition) is 0. The Morgan fingerprint density at radius 2 is 1.72 bits per heavy atom. The van der Waals surface area contributed by atoms with E-state index < -0.39 is 8.07 Å². The number of carbonyl (C=O) groups is 1. The average Bonchev–Trinajstić information content (AvgIpc) is 2.54. The summed E-state index contributed by atoms with van der Waals surface area (Å²) in [6.07, 6.45) is 5.79. The minimum atomic E-state index is -1.67. The van der Waals surface area contributed by atoms with Crippen molar-refractivity contribution in [2.24, 2.45) is 23.7 Å². The summed E-state index contributed by atoms with van der Waals surface area (Å²) in [7, 11) is -1.67. The lowest BCUT2D eigenvalue weighted by molar-refractivity contribution is -0.127. The lowest BCUT2D eigenvalue weighted by atomic mass is 9.74. The van der Waals surface area contributed by atoms with Crippen molar-refractivity contribution in [2.45, 2.75) is 78.4 Å². The molecule has 0 spiro atoms. The van der Waals surface area contributed by atoms with Crippen molar-refractivity contribution in [1.29, 1.82) is 0 Å². The first-order valence-electron chi connectivity index (χ1n) is 10.3. The molecule has 0 saturated heterocycles. The summed E-state index contributed by atoms with van der Waals surface area (Å²) in [5.74, 6) is 2.68. The molecule has 1 aliphatic rings. The van der Waals surface area contributed by atoms with E-state index in [2.05, 4.69) is 71.1 Å². The van der Waals surface area contributed by atoms with Crippen LogP contribution in [-0.4, -0.2) is 13.9 Å². The highest BCUT2D eigenvalue weighted by Gasteiger charge is 2.46. The van der Waals surface area contributed by atoms with E-state index in [-0.39, 0.29) is 5.92 Å². The summed E-state index contributed by atoms with van der Waals surface area (Å²) in [5, 5.41) is 1.52. The zero-order chi connectivity index (χ0) is 18.6. The SMILES string of the molecule is CC(C)CCC[C@@H](C)C1C(=O)C[C@H](C)C[C@H]1[Si](C)(C)c1ccccc1. The molecule has 0 heterocycles. The van der Waals surface area contributed by atoms with E-state index in [0.717, 1.165) is 12.3 Å². The van der Waals surface area contributed by atoms with Gasteiger partial charge in [0.2, 0.25) is 0 Å². The number of carbonyl (C=O) groups excluding carboxylic acids is 1. The van der Waals surface area contributed by atoms with Crippen LogP contribution in [0.25, 0.3) is 0 Å². The third-order valence-electron chi connectivity index (χ3n) is 6.51. The highest BCUT2D eigenvalue weighted by molar-refractivity contribution is 6.91. The zero-order valence-corrected chi connectivity index (χ0v) is 18.2. The van der Waals surface area contributed by atoms with Crippen molar-refractivity contribution in [3.05, 3.63) is 30.3 Å². The molecule has 0 N–H and O–H groups in total. The van der Waals surface area contributed by atoms with Gasteiger partial charge in [-0.3, -0.25) is 4.79 Å². The summed E-state index contributed by atoms with van der Waals surface area (Å²) in [4.78, 5) is 13.1. The Morgan fingerprint density at radius 3 is 2.32 bits per heavy atom. The van der Waals surface area contributed by atoms with Crippen LogP contribution in [0.4, 0.5) is 0 Å². The monoisotopic (exact) mass is 358 g/mol. The van der Waals surface area contributed by atoms with Gasteiger partial charge in [0.25, 0.3) is 0 Å². The molecule has 0 amide bonds. The zero-order valence-electron chi connectivity index (χ0n) is 17.2. The topological polar surface area (TPSA) is 17.1 Å². The predicted molar refractivity (Wildman–Crippen MR) is 112 cm³/mol. The van der Waals surface area contributed by atoms with Crippen LogP contribution in [0.3, 0.4) is 0 Å². The van der Waals surface area contributed by atoms with E-state index in [9.17, 15) is 4.79 Å². The smallest absolute Gasteiger partial charge is 0.136 e. The second kappa shape index (κ2) is 8.66. The molecule has 1 aromatic carbocycles. The van der Waals surface area contributed by atoms with Crippen LogP contribution in [0.15, 0.2) is 30.3 Å². The Bertz CT molecular complexity index is 548. The lowest BCUT2D eigenvalue weighted by Gasteiger charge is -2.45. The minimum absolute atomic E-state index is 0.283. The highest BCUT2D eigenvalue weighted by atomic mass is 28.3. The van der Waals surface area contributed by atoms with Gasteiger partial charge in [-0.05, 0) is 29.7 Å². The molecule has 2 rings (SSSR count). The standard InChI is InChI=1S/C23H38OSi/c1-17(2)11-10-12-19(4)23-21(24)15-18(3)16-22(23)25(5,6)20-13-8-7-9-14-20/h7-9,13-14,17-19,22-23H,10-12,15-16H2,1-6H3/t18-,19+,22+,23?/m0/s1. The molecule has 0 aromatic heterocycles. The number of hydrogen-bond acceptors (Lipinski definition) is 1. The van der Waals surface area contributed by atoms with Gasteiger partial charge in [-0.15, -0.1) is 0 Å². The Balaban J connectivity index is 2.23. The Kier molecular flexibility index (Phi) is 7.07. The van der Waals surface area contributed by atoms with Gasteiger partial charge in [0.05, 0.1) is 8.07 Å². The number of benzene rings is 1. The minimum Gasteiger partial charge on any atom is -0.299 e. The molecule has 2 heteroatoms. The molecule has 25 heavy (non-hydrogen) atoms. The normalized spacial score (nSPS) is 26.0. The fourth-order valence-corrected chi connectivity index (χ4v) is 8.82. The second-order valence-corrected chi connectivity index (χ2v) is 14.3. The molecule has 1 fully saturated rings. The van der Waals surface area contributed by atoms with Crippen LogP contribution in [0.1, 0.15) is 59.8 Å². The molecular formula is C23H38OSi. The maximum absolute atomic E-state index is 13.1. The second-order valence-electron chi connectivity index (χ2n) is 9.53. The van der Waals surface area contributed by atoms with Gasteiger partial charge >= 0.3 is 0 Å². The third-order valence-corrected chi connectivity index (χ3v) is 10.8. The van der Waals surface area contributed by atoms with Crippen LogP contribution in [0, 0.1) is 23.7 Å². The van der Waals surface area contributed by atoms with E-state index in [1.807, 2.05) is 0 Å². The van der Waals surface area contributed by atoms with Crippen LogP contribution >= 0.6 is 0 Å². The fourth-order valence-electron chi connectivity index (χ4n) is 4.93. The van der Waals surface area contributed by atoms with Crippen molar-refractivity contribution in [3.8, 4) is 0 Å². The summed E-state index contributed by atoms with van der Waals surface area (Å²) in [5.41, 5.74) is 0.584. The Labute approximate surface area is 156 Å². The molecule has 0 aliphatic heterocycles. The third kappa shape index (κ3) is 5.06. The van der Waals surface area contributed by atoms with Gasteiger partial charge < -0.3 is 0 Å². The summed E-state index contributed by atoms with van der Waals surface area (Å²) >= 11 is 0. The molecule has 1 unspecified atom stereocenters. The van der Waals surface area contributed by atoms with Crippen molar-refractivity contribution < 1.29 is 4.79 Å². The number of ketones is 1. The van der Waals surface area contributed by atoms with Gasteiger partial charge in [0, 0.05) is 12.3 Å². The molecular weight excluding hydrogens is 320 g/mol. The van der Waals surface area contributed by atoms with E-state index in [1.165, 1.54) is 30.9 Å². The Hall–Kier alpha value is -0.893. The number of Topliss-reactive ketones (excluding diaryl/α,β-unsaturated/α-hetero) is 1. The quantitative estimate of drug-likeness (QED) is 0.542. The first-order valence-corrected chi connectivity index (χ1v) is 13.4. The first kappa shape index (κ1) is 20.4. The van der Waals surface area contributed by atoms with Gasteiger partial charge in [0.1, 0.15) is 5.78 Å². The Morgan fingerprint density at radius 1 is 1.08 bits per heavy atom. The van der Waals surface area contributed by atoms with Crippen molar-refractivity contribution >= 4 is 19.0 Å². The average molecular weight is 359 g/mol. The van der Waals surface area contributed by atoms with Gasteiger partial charge in [-0.1, -0.05) is 95.6 Å². The van der Waals surface area contributed by atoms with E-state index in [1.54, 1.807) is 0 Å². The fraction of sp³-hybridized carbons (Fsp3) is 0.696. The summed E-state index contributed by atoms with van der Waals surface area (Å²) < 4.78 is 0. The van der Waals surface area contributed by atoms with Gasteiger partial charge in [-0.2, -0.15) is 0 Å². The summed E-state index contributed by atoms with van der Waals surface area (Å²) in [6.45, 7) is 14.2. The molecule has 1 aliphatic carbocycles. The van der Waals surface area contributed by atoms with Gasteiger partial charge in [0.15, 0.2) is 0 Å². The molecule has 0 radical (unpaired) electrons. The maximum Gasteiger partial charge on any atom is 0.136 e.